The number of aryl methyl sites for hydroxylation is 1. The lowest BCUT2D eigenvalue weighted by Gasteiger charge is -2.25. The summed E-state index contributed by atoms with van der Waals surface area (Å²) >= 11 is 1.40. The third-order valence-corrected chi connectivity index (χ3v) is 6.47. The van der Waals surface area contributed by atoms with Gasteiger partial charge in [-0.15, -0.1) is 11.3 Å². The summed E-state index contributed by atoms with van der Waals surface area (Å²) in [6, 6.07) is 9.80. The molecule has 1 atom stereocenters. The van der Waals surface area contributed by atoms with E-state index in [9.17, 15) is 15.0 Å². The zero-order valence-electron chi connectivity index (χ0n) is 18.6. The van der Waals surface area contributed by atoms with Gasteiger partial charge < -0.3 is 30.2 Å². The highest BCUT2D eigenvalue weighted by Gasteiger charge is 2.20. The van der Waals surface area contributed by atoms with E-state index in [1.807, 2.05) is 30.6 Å². The Bertz CT molecular complexity index is 1060. The number of aromatic nitrogens is 2. The lowest BCUT2D eigenvalue weighted by atomic mass is 9.95. The van der Waals surface area contributed by atoms with Crippen LogP contribution < -0.4 is 10.6 Å². The average molecular weight is 471 g/mol. The Morgan fingerprint density at radius 1 is 1.30 bits per heavy atom. The summed E-state index contributed by atoms with van der Waals surface area (Å²) in [5.74, 6) is -0.236. The molecule has 2 heterocycles. The number of aliphatic hydroxyl groups excluding tert-OH is 2. The maximum Gasteiger partial charge on any atom is 0.252 e. The van der Waals surface area contributed by atoms with E-state index in [4.69, 9.17) is 4.74 Å². The number of rotatable bonds is 9. The van der Waals surface area contributed by atoms with Crippen molar-refractivity contribution >= 4 is 22.4 Å². The van der Waals surface area contributed by atoms with Gasteiger partial charge in [0.1, 0.15) is 6.23 Å². The number of nitrogens with zero attached hydrogens (tertiary/aromatic N) is 2. The number of hydrogen-bond donors (Lipinski definition) is 4. The molecule has 9 heteroatoms. The standard InChI is InChI=1S/C24H30N4O4S/c1-28-10-9-18(13-28)23(31)25-12-22(30)27-24-26-21(15-33-24)17-4-2-3-16(11-17)14-32-20-7-5-19(29)6-8-20/h2-4,9-11,13,15,19-20,22,29-30H,5-8,12,14H2,1H3,(H,25,31)(H,26,27). The largest absolute Gasteiger partial charge is 0.393 e. The van der Waals surface area contributed by atoms with E-state index in [1.165, 1.54) is 11.3 Å². The molecule has 1 amide bonds. The van der Waals surface area contributed by atoms with Crippen LogP contribution in [0.1, 0.15) is 41.6 Å². The van der Waals surface area contributed by atoms with Crippen LogP contribution in [-0.2, 0) is 18.4 Å². The molecular formula is C24H30N4O4S. The number of thiazole rings is 1. The summed E-state index contributed by atoms with van der Waals surface area (Å²) in [5.41, 5.74) is 3.41. The molecule has 4 rings (SSSR count). The fraction of sp³-hybridized carbons (Fsp3) is 0.417. The quantitative estimate of drug-likeness (QED) is 0.358. The fourth-order valence-corrected chi connectivity index (χ4v) is 4.61. The molecule has 0 spiro atoms. The summed E-state index contributed by atoms with van der Waals surface area (Å²) in [7, 11) is 1.85. The molecule has 33 heavy (non-hydrogen) atoms. The maximum absolute atomic E-state index is 12.1. The minimum atomic E-state index is -0.953. The SMILES string of the molecule is Cn1ccc(C(=O)NCC(O)Nc2nc(-c3cccc(COC4CCC(O)CC4)c3)cs2)c1. The van der Waals surface area contributed by atoms with Crippen molar-refractivity contribution in [2.24, 2.45) is 7.05 Å². The topological polar surface area (TPSA) is 109 Å². The van der Waals surface area contributed by atoms with Crippen molar-refractivity contribution in [1.82, 2.24) is 14.9 Å². The highest BCUT2D eigenvalue weighted by Crippen LogP contribution is 2.27. The number of amides is 1. The Kier molecular flexibility index (Phi) is 7.77. The number of nitrogens with one attached hydrogen (secondary N) is 2. The van der Waals surface area contributed by atoms with Crippen molar-refractivity contribution in [2.45, 2.75) is 50.7 Å². The van der Waals surface area contributed by atoms with Gasteiger partial charge in [0.15, 0.2) is 5.13 Å². The molecule has 0 bridgehead atoms. The van der Waals surface area contributed by atoms with Crippen molar-refractivity contribution in [3.63, 3.8) is 0 Å². The van der Waals surface area contributed by atoms with Crippen LogP contribution in [-0.4, -0.2) is 50.7 Å². The van der Waals surface area contributed by atoms with Crippen molar-refractivity contribution in [1.29, 1.82) is 0 Å². The first-order valence-electron chi connectivity index (χ1n) is 11.2. The highest BCUT2D eigenvalue weighted by atomic mass is 32.1. The molecule has 1 aliphatic carbocycles. The monoisotopic (exact) mass is 470 g/mol. The van der Waals surface area contributed by atoms with Gasteiger partial charge in [-0.2, -0.15) is 0 Å². The van der Waals surface area contributed by atoms with Crippen LogP contribution in [0.4, 0.5) is 5.13 Å². The van der Waals surface area contributed by atoms with Crippen molar-refractivity contribution in [3.05, 3.63) is 59.2 Å². The number of hydrogen-bond acceptors (Lipinski definition) is 7. The van der Waals surface area contributed by atoms with Crippen LogP contribution >= 0.6 is 11.3 Å². The van der Waals surface area contributed by atoms with Gasteiger partial charge in [0.05, 0.1) is 36.6 Å². The second kappa shape index (κ2) is 10.9. The summed E-state index contributed by atoms with van der Waals surface area (Å²) in [6.07, 6.45) is 6.00. The fourth-order valence-electron chi connectivity index (χ4n) is 3.84. The minimum absolute atomic E-state index is 0.0632. The summed E-state index contributed by atoms with van der Waals surface area (Å²) < 4.78 is 7.83. The molecule has 4 N–H and O–H groups in total. The van der Waals surface area contributed by atoms with Crippen LogP contribution in [0.15, 0.2) is 48.1 Å². The van der Waals surface area contributed by atoms with Crippen LogP contribution in [0.5, 0.6) is 0 Å². The van der Waals surface area contributed by atoms with Gasteiger partial charge in [-0.3, -0.25) is 4.79 Å². The second-order valence-electron chi connectivity index (χ2n) is 8.42. The van der Waals surface area contributed by atoms with E-state index in [-0.39, 0.29) is 24.7 Å². The summed E-state index contributed by atoms with van der Waals surface area (Å²) in [4.78, 5) is 16.7. The Hall–Kier alpha value is -2.72. The first-order chi connectivity index (χ1) is 16.0. The first kappa shape index (κ1) is 23.4. The zero-order chi connectivity index (χ0) is 23.2. The van der Waals surface area contributed by atoms with Gasteiger partial charge in [0, 0.05) is 30.4 Å². The van der Waals surface area contributed by atoms with Crippen LogP contribution in [0.3, 0.4) is 0 Å². The molecular weight excluding hydrogens is 440 g/mol. The Morgan fingerprint density at radius 2 is 2.12 bits per heavy atom. The molecule has 0 saturated heterocycles. The van der Waals surface area contributed by atoms with Crippen LogP contribution in [0.2, 0.25) is 0 Å². The molecule has 3 aromatic rings. The zero-order valence-corrected chi connectivity index (χ0v) is 19.4. The molecule has 1 aliphatic rings. The summed E-state index contributed by atoms with van der Waals surface area (Å²) in [6.45, 7) is 0.595. The molecule has 176 valence electrons. The molecule has 1 fully saturated rings. The van der Waals surface area contributed by atoms with Crippen LogP contribution in [0.25, 0.3) is 11.3 Å². The number of aliphatic hydroxyl groups is 2. The second-order valence-corrected chi connectivity index (χ2v) is 9.27. The van der Waals surface area contributed by atoms with E-state index in [0.29, 0.717) is 17.3 Å². The molecule has 0 aliphatic heterocycles. The average Bonchev–Trinajstić information content (AvgIpc) is 3.46. The molecule has 8 nitrogen and oxygen atoms in total. The lowest BCUT2D eigenvalue weighted by molar-refractivity contribution is -0.0118. The lowest BCUT2D eigenvalue weighted by Crippen LogP contribution is -2.36. The third-order valence-electron chi connectivity index (χ3n) is 5.70. The van der Waals surface area contributed by atoms with Crippen molar-refractivity contribution < 1.29 is 19.7 Å². The maximum atomic E-state index is 12.1. The smallest absolute Gasteiger partial charge is 0.252 e. The normalized spacial score (nSPS) is 19.2. The first-order valence-corrected chi connectivity index (χ1v) is 12.0. The van der Waals surface area contributed by atoms with Gasteiger partial charge in [-0.05, 0) is 43.4 Å². The molecule has 2 aromatic heterocycles. The predicted molar refractivity (Wildman–Crippen MR) is 128 cm³/mol. The number of carbonyl (C=O) groups is 1. The number of carbonyl (C=O) groups excluding carboxylic acids is 1. The van der Waals surface area contributed by atoms with E-state index in [2.05, 4.69) is 21.7 Å². The Morgan fingerprint density at radius 3 is 2.88 bits per heavy atom. The van der Waals surface area contributed by atoms with Gasteiger partial charge >= 0.3 is 0 Å². The molecule has 0 radical (unpaired) electrons. The molecule has 1 aromatic carbocycles. The predicted octanol–water partition coefficient (Wildman–Crippen LogP) is 3.13. The third kappa shape index (κ3) is 6.64. The van der Waals surface area contributed by atoms with E-state index in [1.54, 1.807) is 23.0 Å². The van der Waals surface area contributed by atoms with Gasteiger partial charge in [0.2, 0.25) is 0 Å². The Balaban J connectivity index is 1.27. The number of ether oxygens (including phenoxy) is 1. The minimum Gasteiger partial charge on any atom is -0.393 e. The molecule has 1 saturated carbocycles. The van der Waals surface area contributed by atoms with Crippen molar-refractivity contribution in [2.75, 3.05) is 11.9 Å². The molecule has 1 unspecified atom stereocenters. The van der Waals surface area contributed by atoms with E-state index >= 15 is 0 Å². The van der Waals surface area contributed by atoms with Gasteiger partial charge in [-0.1, -0.05) is 18.2 Å². The van der Waals surface area contributed by atoms with E-state index in [0.717, 1.165) is 42.5 Å². The number of anilines is 1. The van der Waals surface area contributed by atoms with Gasteiger partial charge in [-0.25, -0.2) is 4.98 Å². The van der Waals surface area contributed by atoms with Gasteiger partial charge in [0.25, 0.3) is 5.91 Å². The summed E-state index contributed by atoms with van der Waals surface area (Å²) in [5, 5.41) is 28.0. The van der Waals surface area contributed by atoms with Crippen molar-refractivity contribution in [3.8, 4) is 11.3 Å². The highest BCUT2D eigenvalue weighted by molar-refractivity contribution is 7.14. The number of benzene rings is 1. The van der Waals surface area contributed by atoms with Crippen LogP contribution in [0, 0.1) is 0 Å². The Labute approximate surface area is 197 Å². The van der Waals surface area contributed by atoms with E-state index < -0.39 is 6.23 Å².